The molecule has 2 aliphatic heterocycles. The van der Waals surface area contributed by atoms with Crippen molar-refractivity contribution in [2.45, 2.75) is 95.4 Å². The Labute approximate surface area is 135 Å². The van der Waals surface area contributed by atoms with E-state index in [1.807, 2.05) is 0 Å². The van der Waals surface area contributed by atoms with E-state index in [-0.39, 0.29) is 34.6 Å². The summed E-state index contributed by atoms with van der Waals surface area (Å²) < 4.78 is 12.5. The average molecular weight is 326 g/mol. The molecule has 0 aromatic heterocycles. The summed E-state index contributed by atoms with van der Waals surface area (Å²) >= 11 is 0. The van der Waals surface area contributed by atoms with Gasteiger partial charge in [0.25, 0.3) is 0 Å². The SMILES string of the molecule is C[C@@H](O[Si](C)(C)C(C)(C)C)[C@H]1C(=O)N[C@H]1[C@@]12CCCC[C@@H]1O2. The van der Waals surface area contributed by atoms with Crippen molar-refractivity contribution in [3.8, 4) is 0 Å². The van der Waals surface area contributed by atoms with Crippen LogP contribution in [0.4, 0.5) is 0 Å². The van der Waals surface area contributed by atoms with E-state index in [0.717, 1.165) is 12.8 Å². The molecule has 0 aromatic rings. The van der Waals surface area contributed by atoms with Crippen LogP contribution in [0.3, 0.4) is 0 Å². The molecule has 0 radical (unpaired) electrons. The molecule has 0 aromatic carbocycles. The molecular weight excluding hydrogens is 294 g/mol. The van der Waals surface area contributed by atoms with Crippen molar-refractivity contribution in [2.75, 3.05) is 0 Å². The number of hydrogen-bond donors (Lipinski definition) is 1. The predicted octanol–water partition coefficient (Wildman–Crippen LogP) is 3.22. The number of carbonyl (C=O) groups excluding carboxylic acids is 1. The number of nitrogens with one attached hydrogen (secondary N) is 1. The Balaban J connectivity index is 1.69. The monoisotopic (exact) mass is 325 g/mol. The molecule has 3 fully saturated rings. The van der Waals surface area contributed by atoms with Crippen molar-refractivity contribution in [3.63, 3.8) is 0 Å². The van der Waals surface area contributed by atoms with Gasteiger partial charge in [0.05, 0.1) is 24.2 Å². The molecule has 1 N–H and O–H groups in total. The zero-order valence-electron chi connectivity index (χ0n) is 14.9. The van der Waals surface area contributed by atoms with Crippen LogP contribution in [0.2, 0.25) is 18.1 Å². The summed E-state index contributed by atoms with van der Waals surface area (Å²) in [5.41, 5.74) is -0.0676. The lowest BCUT2D eigenvalue weighted by atomic mass is 9.72. The van der Waals surface area contributed by atoms with Crippen LogP contribution in [0.1, 0.15) is 53.4 Å². The third kappa shape index (κ3) is 2.45. The smallest absolute Gasteiger partial charge is 0.228 e. The molecule has 4 nitrogen and oxygen atoms in total. The highest BCUT2D eigenvalue weighted by Crippen LogP contribution is 2.54. The second-order valence-corrected chi connectivity index (χ2v) is 13.7. The first kappa shape index (κ1) is 16.5. The lowest BCUT2D eigenvalue weighted by molar-refractivity contribution is -0.143. The first-order valence-corrected chi connectivity index (χ1v) is 11.7. The Morgan fingerprint density at radius 3 is 2.59 bits per heavy atom. The van der Waals surface area contributed by atoms with E-state index in [1.54, 1.807) is 0 Å². The van der Waals surface area contributed by atoms with Gasteiger partial charge >= 0.3 is 0 Å². The Hall–Kier alpha value is -0.393. The minimum atomic E-state index is -1.85. The van der Waals surface area contributed by atoms with Crippen molar-refractivity contribution in [1.82, 2.24) is 5.32 Å². The fourth-order valence-electron chi connectivity index (χ4n) is 3.93. The quantitative estimate of drug-likeness (QED) is 0.490. The van der Waals surface area contributed by atoms with Crippen LogP contribution in [0.5, 0.6) is 0 Å². The van der Waals surface area contributed by atoms with Crippen molar-refractivity contribution >= 4 is 14.2 Å². The first-order valence-electron chi connectivity index (χ1n) is 8.74. The van der Waals surface area contributed by atoms with Gasteiger partial charge in [-0.25, -0.2) is 0 Å². The maximum atomic E-state index is 12.2. The van der Waals surface area contributed by atoms with Crippen LogP contribution < -0.4 is 5.32 Å². The van der Waals surface area contributed by atoms with Crippen molar-refractivity contribution in [2.24, 2.45) is 5.92 Å². The van der Waals surface area contributed by atoms with Gasteiger partial charge in [0.1, 0.15) is 5.60 Å². The number of rotatable bonds is 4. The van der Waals surface area contributed by atoms with Crippen molar-refractivity contribution in [3.05, 3.63) is 0 Å². The molecule has 126 valence electrons. The highest BCUT2D eigenvalue weighted by Gasteiger charge is 2.68. The molecule has 1 saturated carbocycles. The molecule has 1 aliphatic carbocycles. The molecule has 2 saturated heterocycles. The number of hydrogen-bond acceptors (Lipinski definition) is 3. The molecule has 5 atom stereocenters. The molecule has 3 aliphatic rings. The Morgan fingerprint density at radius 2 is 2.05 bits per heavy atom. The largest absolute Gasteiger partial charge is 0.413 e. The summed E-state index contributed by atoms with van der Waals surface area (Å²) in [5, 5.41) is 3.29. The van der Waals surface area contributed by atoms with E-state index in [2.05, 4.69) is 46.1 Å². The number of ether oxygens (including phenoxy) is 1. The Bertz CT molecular complexity index is 473. The third-order valence-electron chi connectivity index (χ3n) is 6.41. The number of β-lactam (4-membered cyclic amide) rings is 1. The van der Waals surface area contributed by atoms with Crippen molar-refractivity contribution in [1.29, 1.82) is 0 Å². The topological polar surface area (TPSA) is 50.9 Å². The molecule has 0 bridgehead atoms. The molecule has 0 unspecified atom stereocenters. The van der Waals surface area contributed by atoms with Gasteiger partial charge in [-0.05, 0) is 37.9 Å². The van der Waals surface area contributed by atoms with E-state index in [4.69, 9.17) is 9.16 Å². The molecule has 3 rings (SSSR count). The molecule has 2 heterocycles. The summed E-state index contributed by atoms with van der Waals surface area (Å²) in [5.74, 6) is 0.0997. The lowest BCUT2D eigenvalue weighted by Crippen LogP contribution is -2.69. The van der Waals surface area contributed by atoms with Gasteiger partial charge in [-0.2, -0.15) is 0 Å². The lowest BCUT2D eigenvalue weighted by Gasteiger charge is -2.47. The zero-order chi connectivity index (χ0) is 16.3. The predicted molar refractivity (Wildman–Crippen MR) is 89.2 cm³/mol. The van der Waals surface area contributed by atoms with Gasteiger partial charge in [-0.15, -0.1) is 0 Å². The van der Waals surface area contributed by atoms with Gasteiger partial charge in [0, 0.05) is 0 Å². The van der Waals surface area contributed by atoms with Crippen LogP contribution in [0.15, 0.2) is 0 Å². The standard InChI is InChI=1S/C17H31NO3Si/c1-11(21-22(5,6)16(2,3)4)13-14(18-15(13)19)17-10-8-7-9-12(17)20-17/h11-14H,7-10H2,1-6H3,(H,18,19)/t11-,12+,13-,14-,17-/m1/s1. The van der Waals surface area contributed by atoms with Crippen LogP contribution in [-0.2, 0) is 14.0 Å². The van der Waals surface area contributed by atoms with Crippen molar-refractivity contribution < 1.29 is 14.0 Å². The summed E-state index contributed by atoms with van der Waals surface area (Å²) in [6, 6.07) is 0.157. The minimum Gasteiger partial charge on any atom is -0.413 e. The first-order chi connectivity index (χ1) is 10.1. The normalized spacial score (nSPS) is 39.5. The second-order valence-electron chi connectivity index (χ2n) is 8.90. The molecule has 1 amide bonds. The fourth-order valence-corrected chi connectivity index (χ4v) is 5.36. The van der Waals surface area contributed by atoms with Crippen LogP contribution in [0, 0.1) is 5.92 Å². The maximum absolute atomic E-state index is 12.2. The van der Waals surface area contributed by atoms with Gasteiger partial charge in [0.2, 0.25) is 5.91 Å². The number of amides is 1. The highest BCUT2D eigenvalue weighted by atomic mass is 28.4. The van der Waals surface area contributed by atoms with E-state index in [0.29, 0.717) is 6.10 Å². The second kappa shape index (κ2) is 5.05. The average Bonchev–Trinajstić information content (AvgIpc) is 3.08. The summed E-state index contributed by atoms with van der Waals surface area (Å²) in [7, 11) is -1.85. The maximum Gasteiger partial charge on any atom is 0.228 e. The van der Waals surface area contributed by atoms with Gasteiger partial charge in [-0.1, -0.05) is 33.6 Å². The summed E-state index contributed by atoms with van der Waals surface area (Å²) in [4.78, 5) is 12.2. The molecule has 5 heteroatoms. The van der Waals surface area contributed by atoms with Crippen LogP contribution in [-0.4, -0.2) is 38.1 Å². The highest BCUT2D eigenvalue weighted by molar-refractivity contribution is 6.74. The number of fused-ring (bicyclic) bond motifs is 1. The fraction of sp³-hybridized carbons (Fsp3) is 0.941. The molecular formula is C17H31NO3Si. The summed E-state index contributed by atoms with van der Waals surface area (Å²) in [6.45, 7) is 13.3. The zero-order valence-corrected chi connectivity index (χ0v) is 15.9. The van der Waals surface area contributed by atoms with E-state index >= 15 is 0 Å². The summed E-state index contributed by atoms with van der Waals surface area (Å²) in [6.07, 6.45) is 5.05. The Morgan fingerprint density at radius 1 is 1.36 bits per heavy atom. The number of carbonyl (C=O) groups is 1. The van der Waals surface area contributed by atoms with E-state index < -0.39 is 8.32 Å². The number of epoxide rings is 1. The van der Waals surface area contributed by atoms with Gasteiger partial charge in [-0.3, -0.25) is 4.79 Å². The van der Waals surface area contributed by atoms with Gasteiger partial charge in [0.15, 0.2) is 8.32 Å². The van der Waals surface area contributed by atoms with Crippen LogP contribution >= 0.6 is 0 Å². The Kier molecular flexibility index (Phi) is 3.78. The van der Waals surface area contributed by atoms with E-state index in [1.165, 1.54) is 12.8 Å². The van der Waals surface area contributed by atoms with E-state index in [9.17, 15) is 4.79 Å². The molecule has 22 heavy (non-hydrogen) atoms. The molecule has 0 spiro atoms. The van der Waals surface area contributed by atoms with Gasteiger partial charge < -0.3 is 14.5 Å². The third-order valence-corrected chi connectivity index (χ3v) is 11.0. The van der Waals surface area contributed by atoms with Crippen LogP contribution in [0.25, 0.3) is 0 Å². The minimum absolute atomic E-state index is 0.0270.